The van der Waals surface area contributed by atoms with Gasteiger partial charge in [-0.2, -0.15) is 0 Å². The van der Waals surface area contributed by atoms with E-state index in [0.717, 1.165) is 12.2 Å². The molecule has 0 saturated carbocycles. The summed E-state index contributed by atoms with van der Waals surface area (Å²) in [7, 11) is 0. The van der Waals surface area contributed by atoms with Gasteiger partial charge in [-0.1, -0.05) is 18.2 Å². The Hall–Kier alpha value is -1.55. The topological polar surface area (TPSA) is 50.4 Å². The molecule has 1 heterocycles. The van der Waals surface area contributed by atoms with Gasteiger partial charge in [0, 0.05) is 37.7 Å². The van der Waals surface area contributed by atoms with E-state index in [9.17, 15) is 4.79 Å². The van der Waals surface area contributed by atoms with Crippen LogP contribution in [0, 0.1) is 0 Å². The summed E-state index contributed by atoms with van der Waals surface area (Å²) >= 11 is 0. The van der Waals surface area contributed by atoms with Crippen molar-refractivity contribution in [3.05, 3.63) is 29.8 Å². The van der Waals surface area contributed by atoms with E-state index in [-0.39, 0.29) is 11.8 Å². The zero-order valence-corrected chi connectivity index (χ0v) is 10.7. The van der Waals surface area contributed by atoms with Gasteiger partial charge in [-0.05, 0) is 18.6 Å². The third-order valence-electron chi connectivity index (χ3n) is 3.14. The highest BCUT2D eigenvalue weighted by Crippen LogP contribution is 2.32. The lowest BCUT2D eigenvalue weighted by Gasteiger charge is -2.10. The molecule has 2 rings (SSSR count). The number of fused-ring (bicyclic) bond motifs is 1. The van der Waals surface area contributed by atoms with Gasteiger partial charge in [0.2, 0.25) is 5.91 Å². The van der Waals surface area contributed by atoms with Crippen molar-refractivity contribution in [2.45, 2.75) is 19.3 Å². The van der Waals surface area contributed by atoms with Crippen molar-refractivity contribution in [1.82, 2.24) is 5.32 Å². The summed E-state index contributed by atoms with van der Waals surface area (Å²) in [6.07, 6.45) is 0.538. The van der Waals surface area contributed by atoms with Crippen molar-refractivity contribution >= 4 is 11.6 Å². The van der Waals surface area contributed by atoms with Gasteiger partial charge in [-0.3, -0.25) is 4.79 Å². The van der Waals surface area contributed by atoms with Crippen molar-refractivity contribution in [2.75, 3.05) is 31.6 Å². The highest BCUT2D eigenvalue weighted by Gasteiger charge is 2.23. The second kappa shape index (κ2) is 6.40. The second-order valence-corrected chi connectivity index (χ2v) is 4.42. The third-order valence-corrected chi connectivity index (χ3v) is 3.14. The lowest BCUT2D eigenvalue weighted by molar-refractivity contribution is -0.121. The van der Waals surface area contributed by atoms with Crippen molar-refractivity contribution < 1.29 is 9.53 Å². The maximum absolute atomic E-state index is 11.8. The first kappa shape index (κ1) is 12.9. The SMILES string of the molecule is CCOCCNC(=O)CC1CNc2ccccc21. The number of anilines is 1. The predicted molar refractivity (Wildman–Crippen MR) is 71.8 cm³/mol. The van der Waals surface area contributed by atoms with E-state index in [0.29, 0.717) is 26.2 Å². The van der Waals surface area contributed by atoms with Crippen molar-refractivity contribution in [3.63, 3.8) is 0 Å². The molecule has 4 heteroatoms. The largest absolute Gasteiger partial charge is 0.384 e. The molecule has 0 spiro atoms. The quantitative estimate of drug-likeness (QED) is 0.754. The Kier molecular flexibility index (Phi) is 4.59. The molecular formula is C14H20N2O2. The first-order valence-electron chi connectivity index (χ1n) is 6.48. The van der Waals surface area contributed by atoms with Crippen LogP contribution in [0.4, 0.5) is 5.69 Å². The van der Waals surface area contributed by atoms with Gasteiger partial charge in [0.25, 0.3) is 0 Å². The van der Waals surface area contributed by atoms with Gasteiger partial charge in [-0.15, -0.1) is 0 Å². The zero-order chi connectivity index (χ0) is 12.8. The normalized spacial score (nSPS) is 17.1. The maximum Gasteiger partial charge on any atom is 0.220 e. The molecule has 0 aliphatic carbocycles. The minimum atomic E-state index is 0.0956. The number of hydrogen-bond acceptors (Lipinski definition) is 3. The predicted octanol–water partition coefficient (Wildman–Crippen LogP) is 1.74. The van der Waals surface area contributed by atoms with E-state index < -0.39 is 0 Å². The molecule has 2 N–H and O–H groups in total. The lowest BCUT2D eigenvalue weighted by atomic mass is 9.98. The average molecular weight is 248 g/mol. The molecule has 0 radical (unpaired) electrons. The van der Waals surface area contributed by atoms with Crippen LogP contribution in [0.2, 0.25) is 0 Å². The number of amides is 1. The average Bonchev–Trinajstić information content (AvgIpc) is 2.78. The van der Waals surface area contributed by atoms with Gasteiger partial charge in [0.1, 0.15) is 0 Å². The zero-order valence-electron chi connectivity index (χ0n) is 10.7. The van der Waals surface area contributed by atoms with Crippen LogP contribution in [-0.2, 0) is 9.53 Å². The van der Waals surface area contributed by atoms with E-state index in [2.05, 4.69) is 22.8 Å². The maximum atomic E-state index is 11.8. The number of para-hydroxylation sites is 1. The summed E-state index contributed by atoms with van der Waals surface area (Å²) in [6.45, 7) is 4.66. The Balaban J connectivity index is 1.79. The molecule has 18 heavy (non-hydrogen) atoms. The number of rotatable bonds is 6. The number of carbonyl (C=O) groups excluding carboxylic acids is 1. The first-order chi connectivity index (χ1) is 8.81. The van der Waals surface area contributed by atoms with E-state index in [1.54, 1.807) is 0 Å². The Labute approximate surface area is 108 Å². The van der Waals surface area contributed by atoms with Crippen molar-refractivity contribution in [2.24, 2.45) is 0 Å². The monoisotopic (exact) mass is 248 g/mol. The molecule has 98 valence electrons. The number of ether oxygens (including phenoxy) is 1. The molecule has 1 aromatic rings. The minimum Gasteiger partial charge on any atom is -0.384 e. The van der Waals surface area contributed by atoms with Crippen molar-refractivity contribution in [1.29, 1.82) is 0 Å². The smallest absolute Gasteiger partial charge is 0.220 e. The Bertz CT molecular complexity index is 407. The molecule has 1 atom stereocenters. The highest BCUT2D eigenvalue weighted by molar-refractivity contribution is 5.78. The van der Waals surface area contributed by atoms with Gasteiger partial charge in [-0.25, -0.2) is 0 Å². The summed E-state index contributed by atoms with van der Waals surface area (Å²) in [5, 5.41) is 6.21. The van der Waals surface area contributed by atoms with Gasteiger partial charge >= 0.3 is 0 Å². The number of hydrogen-bond donors (Lipinski definition) is 2. The molecule has 0 aromatic heterocycles. The molecule has 0 fully saturated rings. The van der Waals surface area contributed by atoms with Crippen LogP contribution >= 0.6 is 0 Å². The minimum absolute atomic E-state index is 0.0956. The molecule has 4 nitrogen and oxygen atoms in total. The van der Waals surface area contributed by atoms with E-state index in [4.69, 9.17) is 4.74 Å². The fraction of sp³-hybridized carbons (Fsp3) is 0.500. The van der Waals surface area contributed by atoms with Crippen LogP contribution in [0.25, 0.3) is 0 Å². The summed E-state index contributed by atoms with van der Waals surface area (Å²) in [4.78, 5) is 11.8. The van der Waals surface area contributed by atoms with Crippen LogP contribution in [0.1, 0.15) is 24.8 Å². The van der Waals surface area contributed by atoms with Crippen LogP contribution in [-0.4, -0.2) is 32.2 Å². The summed E-state index contributed by atoms with van der Waals surface area (Å²) < 4.78 is 5.18. The van der Waals surface area contributed by atoms with Crippen molar-refractivity contribution in [3.8, 4) is 0 Å². The lowest BCUT2D eigenvalue weighted by Crippen LogP contribution is -2.28. The molecule has 1 amide bonds. The molecule has 1 aliphatic rings. The molecule has 1 unspecified atom stereocenters. The molecular weight excluding hydrogens is 228 g/mol. The fourth-order valence-electron chi connectivity index (χ4n) is 2.24. The Morgan fingerprint density at radius 2 is 2.33 bits per heavy atom. The van der Waals surface area contributed by atoms with E-state index in [1.807, 2.05) is 19.1 Å². The van der Waals surface area contributed by atoms with E-state index >= 15 is 0 Å². The van der Waals surface area contributed by atoms with Gasteiger partial charge in [0.05, 0.1) is 6.61 Å². The molecule has 0 bridgehead atoms. The fourth-order valence-corrected chi connectivity index (χ4v) is 2.24. The third kappa shape index (κ3) is 3.23. The van der Waals surface area contributed by atoms with E-state index in [1.165, 1.54) is 5.56 Å². The summed E-state index contributed by atoms with van der Waals surface area (Å²) in [5.74, 6) is 0.381. The van der Waals surface area contributed by atoms with Gasteiger partial charge in [0.15, 0.2) is 0 Å². The molecule has 0 saturated heterocycles. The highest BCUT2D eigenvalue weighted by atomic mass is 16.5. The van der Waals surface area contributed by atoms with Gasteiger partial charge < -0.3 is 15.4 Å². The molecule has 1 aliphatic heterocycles. The number of carbonyl (C=O) groups is 1. The second-order valence-electron chi connectivity index (χ2n) is 4.42. The van der Waals surface area contributed by atoms with Crippen LogP contribution in [0.3, 0.4) is 0 Å². The first-order valence-corrected chi connectivity index (χ1v) is 6.48. The van der Waals surface area contributed by atoms with Crippen LogP contribution in [0.5, 0.6) is 0 Å². The Morgan fingerprint density at radius 3 is 3.17 bits per heavy atom. The summed E-state index contributed by atoms with van der Waals surface area (Å²) in [6, 6.07) is 8.18. The number of nitrogens with one attached hydrogen (secondary N) is 2. The summed E-state index contributed by atoms with van der Waals surface area (Å²) in [5.41, 5.74) is 2.40. The molecule has 1 aromatic carbocycles. The standard InChI is InChI=1S/C14H20N2O2/c1-2-18-8-7-15-14(17)9-11-10-16-13-6-4-3-5-12(11)13/h3-6,11,16H,2,7-10H2,1H3,(H,15,17). The Morgan fingerprint density at radius 1 is 1.50 bits per heavy atom. The number of benzene rings is 1. The van der Waals surface area contributed by atoms with Crippen LogP contribution in [0.15, 0.2) is 24.3 Å². The van der Waals surface area contributed by atoms with Crippen LogP contribution < -0.4 is 10.6 Å².